The summed E-state index contributed by atoms with van der Waals surface area (Å²) in [6, 6.07) is 5.44. The summed E-state index contributed by atoms with van der Waals surface area (Å²) in [4.78, 5) is 31.1. The summed E-state index contributed by atoms with van der Waals surface area (Å²) < 4.78 is 14.1. The predicted octanol–water partition coefficient (Wildman–Crippen LogP) is -0.268. The van der Waals surface area contributed by atoms with Crippen molar-refractivity contribution >= 4 is 39.5 Å². The van der Waals surface area contributed by atoms with E-state index in [0.717, 1.165) is 31.9 Å². The molecule has 2 unspecified atom stereocenters. The van der Waals surface area contributed by atoms with Crippen LogP contribution in [-0.2, 0) is 16.2 Å². The number of carbonyl (C=O) groups excluding carboxylic acids is 2. The number of aliphatic imine (C=N–C) groups is 1. The minimum Gasteiger partial charge on any atom is -0.587 e. The zero-order valence-electron chi connectivity index (χ0n) is 11.7. The second-order valence-corrected chi connectivity index (χ2v) is 6.55. The van der Waals surface area contributed by atoms with Crippen LogP contribution in [0.2, 0.25) is 0 Å². The highest BCUT2D eigenvalue weighted by molar-refractivity contribution is 8.06. The first-order valence-corrected chi connectivity index (χ1v) is 8.25. The van der Waals surface area contributed by atoms with Gasteiger partial charge in [-0.15, -0.1) is 0 Å². The molecule has 3 aliphatic rings. The van der Waals surface area contributed by atoms with Gasteiger partial charge in [-0.25, -0.2) is 4.99 Å². The average molecular weight is 318 g/mol. The van der Waals surface area contributed by atoms with Crippen molar-refractivity contribution in [1.82, 2.24) is 10.0 Å². The van der Waals surface area contributed by atoms with Crippen molar-refractivity contribution in [3.8, 4) is 0 Å². The van der Waals surface area contributed by atoms with Gasteiger partial charge in [-0.1, -0.05) is 6.07 Å². The van der Waals surface area contributed by atoms with Gasteiger partial charge in [0.2, 0.25) is 0 Å². The molecule has 8 heteroatoms. The SMILES string of the molecule is O=C1N[S+]([O-])C2=Nc3cccc(N4CCNCC4)c3C(=O)C12. The molecule has 7 nitrogen and oxygen atoms in total. The Balaban J connectivity index is 1.83. The van der Waals surface area contributed by atoms with Crippen molar-refractivity contribution in [3.63, 3.8) is 0 Å². The van der Waals surface area contributed by atoms with Crippen LogP contribution in [0.15, 0.2) is 23.2 Å². The van der Waals surface area contributed by atoms with E-state index < -0.39 is 23.2 Å². The number of piperazine rings is 1. The van der Waals surface area contributed by atoms with Crippen LogP contribution in [0.3, 0.4) is 0 Å². The van der Waals surface area contributed by atoms with Crippen LogP contribution in [0.4, 0.5) is 11.4 Å². The van der Waals surface area contributed by atoms with Crippen molar-refractivity contribution in [2.75, 3.05) is 31.1 Å². The van der Waals surface area contributed by atoms with Crippen LogP contribution >= 0.6 is 0 Å². The first kappa shape index (κ1) is 13.7. The van der Waals surface area contributed by atoms with Gasteiger partial charge in [-0.3, -0.25) is 9.59 Å². The van der Waals surface area contributed by atoms with Gasteiger partial charge in [0.1, 0.15) is 11.4 Å². The molecule has 114 valence electrons. The maximum absolute atomic E-state index is 12.8. The third-order valence-corrected chi connectivity index (χ3v) is 5.20. The van der Waals surface area contributed by atoms with Crippen molar-refractivity contribution in [3.05, 3.63) is 23.8 Å². The lowest BCUT2D eigenvalue weighted by Crippen LogP contribution is -2.44. The van der Waals surface area contributed by atoms with Gasteiger partial charge in [-0.05, 0) is 12.1 Å². The van der Waals surface area contributed by atoms with Gasteiger partial charge >= 0.3 is 0 Å². The normalized spacial score (nSPS) is 27.1. The third kappa shape index (κ3) is 1.95. The van der Waals surface area contributed by atoms with Crippen LogP contribution in [0.25, 0.3) is 0 Å². The Morgan fingerprint density at radius 3 is 2.82 bits per heavy atom. The summed E-state index contributed by atoms with van der Waals surface area (Å²) in [6.07, 6.45) is 0. The van der Waals surface area contributed by atoms with E-state index in [2.05, 4.69) is 19.9 Å². The number of Topliss-reactive ketones (excluding diaryl/α,β-unsaturated/α-hetero) is 1. The molecule has 2 fully saturated rings. The Bertz CT molecular complexity index is 699. The first-order valence-electron chi connectivity index (χ1n) is 7.10. The quantitative estimate of drug-likeness (QED) is 0.549. The fraction of sp³-hybridized carbons (Fsp3) is 0.357. The van der Waals surface area contributed by atoms with Crippen molar-refractivity contribution < 1.29 is 14.1 Å². The standard InChI is InChI=1S/C14H14N4O3S/c19-12-10-8(16-14-11(12)13(20)17-22(14)21)2-1-3-9(10)18-6-4-15-5-7-18/h1-3,11,15H,4-7H2,(H,17,20). The Kier molecular flexibility index (Phi) is 3.17. The van der Waals surface area contributed by atoms with Crippen molar-refractivity contribution in [2.24, 2.45) is 10.9 Å². The molecule has 22 heavy (non-hydrogen) atoms. The van der Waals surface area contributed by atoms with Gasteiger partial charge in [0.15, 0.2) is 11.7 Å². The van der Waals surface area contributed by atoms with Gasteiger partial charge in [0.05, 0.1) is 11.3 Å². The molecule has 3 heterocycles. The van der Waals surface area contributed by atoms with Gasteiger partial charge in [-0.2, -0.15) is 4.72 Å². The fourth-order valence-corrected chi connectivity index (χ4v) is 4.08. The number of hydrogen-bond acceptors (Lipinski definition) is 6. The maximum atomic E-state index is 12.8. The number of nitrogens with one attached hydrogen (secondary N) is 2. The molecule has 2 saturated heterocycles. The molecule has 0 saturated carbocycles. The first-order chi connectivity index (χ1) is 10.7. The zero-order chi connectivity index (χ0) is 15.3. The second kappa shape index (κ2) is 5.08. The number of rotatable bonds is 1. The lowest BCUT2D eigenvalue weighted by atomic mass is 9.92. The number of nitrogens with zero attached hydrogens (tertiary/aromatic N) is 2. The van der Waals surface area contributed by atoms with E-state index in [0.29, 0.717) is 11.3 Å². The largest absolute Gasteiger partial charge is 0.587 e. The zero-order valence-corrected chi connectivity index (χ0v) is 12.5. The minimum absolute atomic E-state index is 0.125. The molecule has 4 rings (SSSR count). The van der Waals surface area contributed by atoms with E-state index in [-0.39, 0.29) is 10.8 Å². The molecule has 0 spiro atoms. The second-order valence-electron chi connectivity index (χ2n) is 5.39. The molecule has 0 aromatic heterocycles. The molecule has 1 aromatic carbocycles. The van der Waals surface area contributed by atoms with Crippen LogP contribution in [0, 0.1) is 5.92 Å². The molecular weight excluding hydrogens is 304 g/mol. The Morgan fingerprint density at radius 1 is 1.27 bits per heavy atom. The lowest BCUT2D eigenvalue weighted by molar-refractivity contribution is -0.119. The Hall–Kier alpha value is -1.90. The summed E-state index contributed by atoms with van der Waals surface area (Å²) in [6.45, 7) is 3.28. The van der Waals surface area contributed by atoms with E-state index in [1.165, 1.54) is 0 Å². The van der Waals surface area contributed by atoms with E-state index in [1.807, 2.05) is 12.1 Å². The number of fused-ring (bicyclic) bond motifs is 2. The highest BCUT2D eigenvalue weighted by Gasteiger charge is 2.52. The summed E-state index contributed by atoms with van der Waals surface area (Å²) in [5, 5.41) is 3.39. The molecule has 0 radical (unpaired) electrons. The number of hydrogen-bond donors (Lipinski definition) is 2. The van der Waals surface area contributed by atoms with Crippen molar-refractivity contribution in [2.45, 2.75) is 0 Å². The number of carbonyl (C=O) groups is 2. The fourth-order valence-electron chi connectivity index (χ4n) is 3.07. The molecule has 1 amide bonds. The summed E-state index contributed by atoms with van der Waals surface area (Å²) in [5.74, 6) is -1.88. The highest BCUT2D eigenvalue weighted by atomic mass is 32.2. The molecular formula is C14H14N4O3S. The topological polar surface area (TPSA) is 96.9 Å². The van der Waals surface area contributed by atoms with E-state index >= 15 is 0 Å². The predicted molar refractivity (Wildman–Crippen MR) is 82.7 cm³/mol. The number of anilines is 1. The van der Waals surface area contributed by atoms with Crippen LogP contribution in [-0.4, -0.2) is 47.5 Å². The van der Waals surface area contributed by atoms with E-state index in [9.17, 15) is 14.1 Å². The van der Waals surface area contributed by atoms with E-state index in [1.54, 1.807) is 6.07 Å². The number of amides is 1. The van der Waals surface area contributed by atoms with Gasteiger partial charge < -0.3 is 14.8 Å². The molecule has 3 aliphatic heterocycles. The van der Waals surface area contributed by atoms with Gasteiger partial charge in [0, 0.05) is 31.9 Å². The molecule has 0 bridgehead atoms. The van der Waals surface area contributed by atoms with E-state index in [4.69, 9.17) is 0 Å². The van der Waals surface area contributed by atoms with Crippen LogP contribution < -0.4 is 14.9 Å². The van der Waals surface area contributed by atoms with Crippen LogP contribution in [0.5, 0.6) is 0 Å². The Morgan fingerprint density at radius 2 is 2.05 bits per heavy atom. The molecule has 1 aromatic rings. The number of benzene rings is 1. The number of ketones is 1. The van der Waals surface area contributed by atoms with Gasteiger partial charge in [0.25, 0.3) is 11.0 Å². The maximum Gasteiger partial charge on any atom is 0.283 e. The molecule has 2 atom stereocenters. The highest BCUT2D eigenvalue weighted by Crippen LogP contribution is 2.38. The molecule has 2 N–H and O–H groups in total. The van der Waals surface area contributed by atoms with Crippen molar-refractivity contribution in [1.29, 1.82) is 0 Å². The monoisotopic (exact) mass is 318 g/mol. The minimum atomic E-state index is -1.70. The lowest BCUT2D eigenvalue weighted by Gasteiger charge is -2.32. The summed E-state index contributed by atoms with van der Waals surface area (Å²) >= 11 is -1.70. The average Bonchev–Trinajstić information content (AvgIpc) is 2.82. The summed E-state index contributed by atoms with van der Waals surface area (Å²) in [7, 11) is 0. The molecule has 0 aliphatic carbocycles. The smallest absolute Gasteiger partial charge is 0.283 e. The van der Waals surface area contributed by atoms with Crippen LogP contribution in [0.1, 0.15) is 10.4 Å². The third-order valence-electron chi connectivity index (χ3n) is 4.11. The summed E-state index contributed by atoms with van der Waals surface area (Å²) in [5.41, 5.74) is 1.77. The Labute approximate surface area is 130 Å².